The summed E-state index contributed by atoms with van der Waals surface area (Å²) in [4.78, 5) is 25.6. The molecule has 1 heterocycles. The molecule has 0 aromatic heterocycles. The Balaban J connectivity index is 2.50. The van der Waals surface area contributed by atoms with E-state index in [2.05, 4.69) is 5.32 Å². The molecule has 22 heavy (non-hydrogen) atoms. The number of carbonyl (C=O) groups is 2. The van der Waals surface area contributed by atoms with E-state index in [0.717, 1.165) is 0 Å². The Morgan fingerprint density at radius 2 is 1.95 bits per heavy atom. The second-order valence-corrected chi connectivity index (χ2v) is 6.55. The Hall–Kier alpha value is -1.34. The van der Waals surface area contributed by atoms with Gasteiger partial charge in [0.1, 0.15) is 5.60 Å². The third-order valence-electron chi connectivity index (χ3n) is 3.04. The highest BCUT2D eigenvalue weighted by molar-refractivity contribution is 5.72. The van der Waals surface area contributed by atoms with Crippen LogP contribution in [0.15, 0.2) is 0 Å². The minimum atomic E-state index is -0.534. The second-order valence-electron chi connectivity index (χ2n) is 6.55. The number of hydrogen-bond donors (Lipinski definition) is 1. The molecule has 0 bridgehead atoms. The summed E-state index contributed by atoms with van der Waals surface area (Å²) in [5.74, 6) is -0.541. The van der Waals surface area contributed by atoms with Gasteiger partial charge in [-0.2, -0.15) is 0 Å². The first-order valence-corrected chi connectivity index (χ1v) is 7.63. The summed E-state index contributed by atoms with van der Waals surface area (Å²) >= 11 is 0. The summed E-state index contributed by atoms with van der Waals surface area (Å²) in [7, 11) is 1.90. The van der Waals surface area contributed by atoms with Crippen LogP contribution in [0.2, 0.25) is 0 Å². The zero-order valence-corrected chi connectivity index (χ0v) is 14.2. The zero-order valence-electron chi connectivity index (χ0n) is 14.2. The summed E-state index contributed by atoms with van der Waals surface area (Å²) in [6, 6.07) is -0.178. The molecule has 128 valence electrons. The van der Waals surface area contributed by atoms with Gasteiger partial charge in [-0.15, -0.1) is 0 Å². The average molecular weight is 316 g/mol. The molecule has 0 aliphatic carbocycles. The van der Waals surface area contributed by atoms with Gasteiger partial charge >= 0.3 is 12.1 Å². The molecule has 1 aliphatic heterocycles. The van der Waals surface area contributed by atoms with Crippen LogP contribution >= 0.6 is 0 Å². The molecule has 0 spiro atoms. The van der Waals surface area contributed by atoms with Gasteiger partial charge in [0.2, 0.25) is 0 Å². The first-order chi connectivity index (χ1) is 10.2. The molecule has 2 atom stereocenters. The van der Waals surface area contributed by atoms with E-state index in [9.17, 15) is 9.59 Å². The first-order valence-electron chi connectivity index (χ1n) is 7.63. The highest BCUT2D eigenvalue weighted by Gasteiger charge is 2.28. The number of carbonyl (C=O) groups excluding carboxylic acids is 2. The molecular formula is C15H28N2O5. The van der Waals surface area contributed by atoms with Crippen molar-refractivity contribution in [2.45, 2.75) is 39.3 Å². The summed E-state index contributed by atoms with van der Waals surface area (Å²) in [6.07, 6.45) is -0.461. The lowest BCUT2D eigenvalue weighted by molar-refractivity contribution is -0.151. The Bertz CT molecular complexity index is 381. The van der Waals surface area contributed by atoms with Crippen molar-refractivity contribution in [3.8, 4) is 0 Å². The van der Waals surface area contributed by atoms with E-state index in [1.54, 1.807) is 6.92 Å². The normalized spacial score (nSPS) is 24.0. The fraction of sp³-hybridized carbons (Fsp3) is 0.867. The first kappa shape index (κ1) is 18.7. The SMILES string of the molecule is CCOC(=O)C1COCC(NC(=O)OC(C)(C)C)CN(C)C1. The van der Waals surface area contributed by atoms with Gasteiger partial charge in [-0.3, -0.25) is 4.79 Å². The fourth-order valence-corrected chi connectivity index (χ4v) is 2.25. The van der Waals surface area contributed by atoms with Crippen molar-refractivity contribution in [1.82, 2.24) is 10.2 Å². The summed E-state index contributed by atoms with van der Waals surface area (Å²) in [5, 5.41) is 2.80. The number of nitrogens with one attached hydrogen (secondary N) is 1. The molecule has 1 saturated heterocycles. The molecule has 1 N–H and O–H groups in total. The zero-order chi connectivity index (χ0) is 16.8. The van der Waals surface area contributed by atoms with Crippen molar-refractivity contribution >= 4 is 12.1 Å². The van der Waals surface area contributed by atoms with Gasteiger partial charge in [0, 0.05) is 13.1 Å². The molecule has 7 nitrogen and oxygen atoms in total. The Morgan fingerprint density at radius 3 is 2.55 bits per heavy atom. The number of hydrogen-bond acceptors (Lipinski definition) is 6. The Labute approximate surface area is 132 Å². The molecule has 1 aliphatic rings. The van der Waals surface area contributed by atoms with Gasteiger partial charge in [0.15, 0.2) is 0 Å². The molecule has 0 saturated carbocycles. The maximum atomic E-state index is 11.8. The lowest BCUT2D eigenvalue weighted by Gasteiger charge is -2.31. The minimum absolute atomic E-state index is 0.178. The smallest absolute Gasteiger partial charge is 0.407 e. The van der Waals surface area contributed by atoms with E-state index in [4.69, 9.17) is 14.2 Å². The number of esters is 1. The van der Waals surface area contributed by atoms with Gasteiger partial charge in [-0.25, -0.2) is 4.79 Å². The van der Waals surface area contributed by atoms with E-state index in [0.29, 0.717) is 26.3 Å². The number of likely N-dealkylation sites (N-methyl/N-ethyl adjacent to an activating group) is 1. The topological polar surface area (TPSA) is 77.1 Å². The van der Waals surface area contributed by atoms with Crippen molar-refractivity contribution in [2.24, 2.45) is 5.92 Å². The van der Waals surface area contributed by atoms with E-state index in [1.807, 2.05) is 32.7 Å². The largest absolute Gasteiger partial charge is 0.466 e. The van der Waals surface area contributed by atoms with Crippen molar-refractivity contribution in [1.29, 1.82) is 0 Å². The lowest BCUT2D eigenvalue weighted by atomic mass is 10.1. The number of amides is 1. The third kappa shape index (κ3) is 7.09. The van der Waals surface area contributed by atoms with Gasteiger partial charge in [0.25, 0.3) is 0 Å². The van der Waals surface area contributed by atoms with Crippen LogP contribution in [0.25, 0.3) is 0 Å². The molecule has 0 radical (unpaired) electrons. The number of nitrogens with zero attached hydrogens (tertiary/aromatic N) is 1. The molecule has 1 amide bonds. The Morgan fingerprint density at radius 1 is 1.27 bits per heavy atom. The molecule has 2 unspecified atom stereocenters. The van der Waals surface area contributed by atoms with Crippen LogP contribution in [-0.2, 0) is 19.0 Å². The van der Waals surface area contributed by atoms with Crippen molar-refractivity contribution in [3.05, 3.63) is 0 Å². The van der Waals surface area contributed by atoms with Crippen LogP contribution < -0.4 is 5.32 Å². The summed E-state index contributed by atoms with van der Waals surface area (Å²) in [5.41, 5.74) is -0.534. The predicted octanol–water partition coefficient (Wildman–Crippen LogP) is 1.02. The molecule has 7 heteroatoms. The Kier molecular flexibility index (Phi) is 7.09. The minimum Gasteiger partial charge on any atom is -0.466 e. The van der Waals surface area contributed by atoms with Gasteiger partial charge < -0.3 is 24.4 Å². The van der Waals surface area contributed by atoms with Crippen LogP contribution in [0.3, 0.4) is 0 Å². The summed E-state index contributed by atoms with van der Waals surface area (Å²) < 4.78 is 15.8. The predicted molar refractivity (Wildman–Crippen MR) is 81.6 cm³/mol. The second kappa shape index (κ2) is 8.33. The van der Waals surface area contributed by atoms with Gasteiger partial charge in [-0.05, 0) is 34.7 Å². The number of rotatable bonds is 3. The van der Waals surface area contributed by atoms with Gasteiger partial charge in [0.05, 0.1) is 31.8 Å². The van der Waals surface area contributed by atoms with Crippen molar-refractivity contribution in [2.75, 3.05) is 40.0 Å². The van der Waals surface area contributed by atoms with Crippen LogP contribution in [0.5, 0.6) is 0 Å². The number of ether oxygens (including phenoxy) is 3. The molecule has 0 aromatic carbocycles. The molecular weight excluding hydrogens is 288 g/mol. The monoisotopic (exact) mass is 316 g/mol. The van der Waals surface area contributed by atoms with Crippen LogP contribution in [0, 0.1) is 5.92 Å². The lowest BCUT2D eigenvalue weighted by Crippen LogP contribution is -2.50. The molecule has 0 aromatic rings. The summed E-state index contributed by atoms with van der Waals surface area (Å²) in [6.45, 7) is 9.33. The fourth-order valence-electron chi connectivity index (χ4n) is 2.25. The highest BCUT2D eigenvalue weighted by atomic mass is 16.6. The van der Waals surface area contributed by atoms with E-state index < -0.39 is 11.7 Å². The standard InChI is InChI=1S/C15H28N2O5/c1-6-21-13(18)11-7-17(5)8-12(10-20-9-11)16-14(19)22-15(2,3)4/h11-12H,6-10H2,1-5H3,(H,16,19). The van der Waals surface area contributed by atoms with E-state index in [1.165, 1.54) is 0 Å². The van der Waals surface area contributed by atoms with E-state index >= 15 is 0 Å². The molecule has 1 fully saturated rings. The van der Waals surface area contributed by atoms with Crippen LogP contribution in [-0.4, -0.2) is 68.6 Å². The quantitative estimate of drug-likeness (QED) is 0.784. The maximum absolute atomic E-state index is 11.8. The third-order valence-corrected chi connectivity index (χ3v) is 3.04. The number of alkyl carbamates (subject to hydrolysis) is 1. The average Bonchev–Trinajstić information content (AvgIpc) is 2.32. The molecule has 1 rings (SSSR count). The van der Waals surface area contributed by atoms with Crippen molar-refractivity contribution < 1.29 is 23.8 Å². The van der Waals surface area contributed by atoms with Crippen LogP contribution in [0.1, 0.15) is 27.7 Å². The highest BCUT2D eigenvalue weighted by Crippen LogP contribution is 2.10. The van der Waals surface area contributed by atoms with E-state index in [-0.39, 0.29) is 24.5 Å². The maximum Gasteiger partial charge on any atom is 0.407 e. The van der Waals surface area contributed by atoms with Crippen molar-refractivity contribution in [3.63, 3.8) is 0 Å². The van der Waals surface area contributed by atoms with Gasteiger partial charge in [-0.1, -0.05) is 0 Å². The van der Waals surface area contributed by atoms with Crippen LogP contribution in [0.4, 0.5) is 4.79 Å².